The van der Waals surface area contributed by atoms with Crippen molar-refractivity contribution < 1.29 is 29.3 Å². The molecule has 0 amide bonds. The van der Waals surface area contributed by atoms with Gasteiger partial charge >= 0.3 is 11.9 Å². The number of ether oxygens (including phenoxy) is 2. The molecule has 0 heterocycles. The van der Waals surface area contributed by atoms with Crippen LogP contribution >= 0.6 is 0 Å². The second-order valence-corrected chi connectivity index (χ2v) is 2.71. The lowest BCUT2D eigenvalue weighted by atomic mass is 10.2. The van der Waals surface area contributed by atoms with Crippen LogP contribution in [0.4, 0.5) is 0 Å². The van der Waals surface area contributed by atoms with Gasteiger partial charge in [0.1, 0.15) is 25.4 Å². The fourth-order valence-electron chi connectivity index (χ4n) is 0.681. The van der Waals surface area contributed by atoms with E-state index in [1.807, 2.05) is 0 Å². The molecule has 2 atom stereocenters. The number of hydrogen-bond acceptors (Lipinski definition) is 6. The molecule has 0 unspecified atom stereocenters. The van der Waals surface area contributed by atoms with Crippen LogP contribution in [0.25, 0.3) is 0 Å². The van der Waals surface area contributed by atoms with Crippen molar-refractivity contribution in [3.8, 4) is 0 Å². The van der Waals surface area contributed by atoms with E-state index in [0.717, 1.165) is 0 Å². The van der Waals surface area contributed by atoms with E-state index >= 15 is 0 Å². The first-order valence-corrected chi connectivity index (χ1v) is 4.12. The van der Waals surface area contributed by atoms with E-state index in [4.69, 9.17) is 10.2 Å². The zero-order chi connectivity index (χ0) is 11.1. The summed E-state index contributed by atoms with van der Waals surface area (Å²) in [7, 11) is 0. The number of carbonyl (C=O) groups excluding carboxylic acids is 2. The molecule has 6 heteroatoms. The highest BCUT2D eigenvalue weighted by atomic mass is 16.6. The first kappa shape index (κ1) is 12.9. The van der Waals surface area contributed by atoms with Crippen LogP contribution in [0.5, 0.6) is 0 Å². The summed E-state index contributed by atoms with van der Waals surface area (Å²) in [5.41, 5.74) is 0. The Balaban J connectivity index is 3.92. The zero-order valence-electron chi connectivity index (χ0n) is 8.10. The van der Waals surface area contributed by atoms with E-state index in [-0.39, 0.29) is 0 Å². The highest BCUT2D eigenvalue weighted by Crippen LogP contribution is 2.03. The lowest BCUT2D eigenvalue weighted by Crippen LogP contribution is -2.32. The van der Waals surface area contributed by atoms with Crippen LogP contribution < -0.4 is 0 Å². The van der Waals surface area contributed by atoms with Crippen LogP contribution in [-0.2, 0) is 19.1 Å². The normalized spacial score (nSPS) is 14.3. The monoisotopic (exact) mass is 206 g/mol. The Bertz CT molecular complexity index is 180. The highest BCUT2D eigenvalue weighted by molar-refractivity contribution is 5.71. The Morgan fingerprint density at radius 2 is 1.29 bits per heavy atom. The predicted octanol–water partition coefficient (Wildman–Crippen LogP) is -1.17. The third kappa shape index (κ3) is 4.78. The molecule has 0 aliphatic heterocycles. The molecule has 0 aliphatic carbocycles. The van der Waals surface area contributed by atoms with Crippen LogP contribution in [0.3, 0.4) is 0 Å². The first-order valence-electron chi connectivity index (χ1n) is 4.12. The molecule has 0 aromatic carbocycles. The summed E-state index contributed by atoms with van der Waals surface area (Å²) >= 11 is 0. The maximum absolute atomic E-state index is 10.6. The van der Waals surface area contributed by atoms with E-state index < -0.39 is 37.4 Å². The Labute approximate surface area is 81.4 Å². The topological polar surface area (TPSA) is 93.1 Å². The summed E-state index contributed by atoms with van der Waals surface area (Å²) in [4.78, 5) is 21.2. The Morgan fingerprint density at radius 1 is 1.00 bits per heavy atom. The van der Waals surface area contributed by atoms with Crippen molar-refractivity contribution in [1.29, 1.82) is 0 Å². The number of hydrogen-bond donors (Lipinski definition) is 2. The smallest absolute Gasteiger partial charge is 0.332 e. The van der Waals surface area contributed by atoms with Crippen molar-refractivity contribution in [2.24, 2.45) is 0 Å². The van der Waals surface area contributed by atoms with Crippen molar-refractivity contribution in [2.45, 2.75) is 26.1 Å². The number of aliphatic hydroxyl groups excluding tert-OH is 2. The third-order valence-electron chi connectivity index (χ3n) is 1.55. The molecule has 0 fully saturated rings. The second-order valence-electron chi connectivity index (χ2n) is 2.71. The molecule has 6 nitrogen and oxygen atoms in total. The van der Waals surface area contributed by atoms with Gasteiger partial charge in [-0.25, -0.2) is 9.59 Å². The minimum Gasteiger partial charge on any atom is -0.457 e. The number of rotatable bonds is 5. The first-order chi connectivity index (χ1) is 6.51. The number of carbonyl (C=O) groups is 2. The molecule has 82 valence electrons. The van der Waals surface area contributed by atoms with E-state index in [0.29, 0.717) is 0 Å². The summed E-state index contributed by atoms with van der Waals surface area (Å²) < 4.78 is 9.32. The molecule has 0 rings (SSSR count). The van der Waals surface area contributed by atoms with Gasteiger partial charge in [-0.15, -0.1) is 0 Å². The lowest BCUT2D eigenvalue weighted by molar-refractivity contribution is -0.168. The SMILES string of the molecule is C[C@@H](OC(=O)CO)[C@@H](C)OC(=O)CO. The van der Waals surface area contributed by atoms with Gasteiger partial charge in [0.25, 0.3) is 0 Å². The van der Waals surface area contributed by atoms with Crippen LogP contribution in [0.15, 0.2) is 0 Å². The lowest BCUT2D eigenvalue weighted by Gasteiger charge is -2.19. The van der Waals surface area contributed by atoms with E-state index in [2.05, 4.69) is 9.47 Å². The average molecular weight is 206 g/mol. The fraction of sp³-hybridized carbons (Fsp3) is 0.750. The van der Waals surface area contributed by atoms with Gasteiger partial charge in [-0.05, 0) is 13.8 Å². The molecular formula is C8H14O6. The van der Waals surface area contributed by atoms with Crippen LogP contribution in [-0.4, -0.2) is 47.6 Å². The summed E-state index contributed by atoms with van der Waals surface area (Å²) in [6, 6.07) is 0. The highest BCUT2D eigenvalue weighted by Gasteiger charge is 2.19. The Kier molecular flexibility index (Phi) is 5.82. The minimum absolute atomic E-state index is 0.662. The van der Waals surface area contributed by atoms with E-state index in [9.17, 15) is 9.59 Å². The Hall–Kier alpha value is -1.14. The van der Waals surface area contributed by atoms with Gasteiger partial charge in [-0.3, -0.25) is 0 Å². The Morgan fingerprint density at radius 3 is 1.50 bits per heavy atom. The third-order valence-corrected chi connectivity index (χ3v) is 1.55. The molecule has 0 aromatic rings. The summed E-state index contributed by atoms with van der Waals surface area (Å²) in [6.45, 7) is 1.60. The minimum atomic E-state index is -0.788. The standard InChI is InChI=1S/C8H14O6/c1-5(13-7(11)3-9)6(2)14-8(12)4-10/h5-6,9-10H,3-4H2,1-2H3/t5-,6-/m1/s1. The van der Waals surface area contributed by atoms with E-state index in [1.54, 1.807) is 0 Å². The molecule has 0 saturated carbocycles. The molecule has 0 aromatic heterocycles. The molecule has 0 radical (unpaired) electrons. The van der Waals surface area contributed by atoms with Crippen molar-refractivity contribution in [2.75, 3.05) is 13.2 Å². The second kappa shape index (κ2) is 6.33. The van der Waals surface area contributed by atoms with Gasteiger partial charge in [0, 0.05) is 0 Å². The van der Waals surface area contributed by atoms with E-state index in [1.165, 1.54) is 13.8 Å². The molecule has 14 heavy (non-hydrogen) atoms. The van der Waals surface area contributed by atoms with Crippen LogP contribution in [0, 0.1) is 0 Å². The van der Waals surface area contributed by atoms with Crippen molar-refractivity contribution in [3.05, 3.63) is 0 Å². The largest absolute Gasteiger partial charge is 0.457 e. The van der Waals surface area contributed by atoms with Crippen LogP contribution in [0.2, 0.25) is 0 Å². The van der Waals surface area contributed by atoms with Crippen molar-refractivity contribution in [3.63, 3.8) is 0 Å². The summed E-state index contributed by atoms with van der Waals surface area (Å²) in [5.74, 6) is -1.58. The summed E-state index contributed by atoms with van der Waals surface area (Å²) in [5, 5.41) is 16.7. The molecule has 0 bridgehead atoms. The molecule has 0 saturated heterocycles. The molecular weight excluding hydrogens is 192 g/mol. The molecule has 0 spiro atoms. The van der Waals surface area contributed by atoms with Crippen molar-refractivity contribution >= 4 is 11.9 Å². The zero-order valence-corrected chi connectivity index (χ0v) is 8.10. The number of esters is 2. The maximum atomic E-state index is 10.6. The number of aliphatic hydroxyl groups is 2. The van der Waals surface area contributed by atoms with Gasteiger partial charge in [0.05, 0.1) is 0 Å². The van der Waals surface area contributed by atoms with Gasteiger partial charge in [0.15, 0.2) is 0 Å². The maximum Gasteiger partial charge on any atom is 0.332 e. The van der Waals surface area contributed by atoms with Gasteiger partial charge in [-0.1, -0.05) is 0 Å². The van der Waals surface area contributed by atoms with Gasteiger partial charge in [0.2, 0.25) is 0 Å². The van der Waals surface area contributed by atoms with Gasteiger partial charge in [-0.2, -0.15) is 0 Å². The predicted molar refractivity (Wildman–Crippen MR) is 45.3 cm³/mol. The average Bonchev–Trinajstić information content (AvgIpc) is 2.17. The van der Waals surface area contributed by atoms with Crippen molar-refractivity contribution in [1.82, 2.24) is 0 Å². The fourth-order valence-corrected chi connectivity index (χ4v) is 0.681. The summed E-state index contributed by atoms with van der Waals surface area (Å²) in [6.07, 6.45) is -1.32. The van der Waals surface area contributed by atoms with Crippen LogP contribution in [0.1, 0.15) is 13.8 Å². The van der Waals surface area contributed by atoms with Gasteiger partial charge < -0.3 is 19.7 Å². The quantitative estimate of drug-likeness (QED) is 0.551. The molecule has 0 aliphatic rings. The molecule has 2 N–H and O–H groups in total.